The van der Waals surface area contributed by atoms with Crippen molar-refractivity contribution in [3.8, 4) is 34.1 Å². The van der Waals surface area contributed by atoms with Crippen molar-refractivity contribution in [2.24, 2.45) is 0 Å². The molecule has 0 amide bonds. The first-order chi connectivity index (χ1) is 27.2. The zero-order valence-electron chi connectivity index (χ0n) is 31.3. The van der Waals surface area contributed by atoms with Gasteiger partial charge in [0.25, 0.3) is 0 Å². The summed E-state index contributed by atoms with van der Waals surface area (Å²) in [5.41, 5.74) is 5.18. The molecule has 278 valence electrons. The molecule has 0 radical (unpaired) electrons. The second-order valence-electron chi connectivity index (χ2n) is 13.6. The van der Waals surface area contributed by atoms with Crippen LogP contribution in [0.4, 0.5) is 8.78 Å². The van der Waals surface area contributed by atoms with Crippen molar-refractivity contribution in [1.29, 1.82) is 0 Å². The summed E-state index contributed by atoms with van der Waals surface area (Å²) in [6, 6.07) is 49.3. The van der Waals surface area contributed by atoms with Gasteiger partial charge >= 0.3 is 8.60 Å². The van der Waals surface area contributed by atoms with Gasteiger partial charge in [0, 0.05) is 27.8 Å². The van der Waals surface area contributed by atoms with E-state index in [1.807, 2.05) is 131 Å². The molecule has 8 aromatic rings. The van der Waals surface area contributed by atoms with Gasteiger partial charge in [-0.15, -0.1) is 0 Å². The fourth-order valence-electron chi connectivity index (χ4n) is 6.84. The highest BCUT2D eigenvalue weighted by Gasteiger charge is 2.30. The van der Waals surface area contributed by atoms with Crippen LogP contribution in [0.15, 0.2) is 158 Å². The standard InChI is InChI=1S/C48H38F2O4P2/c1-31-16-8-14-24-43(31)51-56(52-44-25-15-9-17-32(44)2)54-48-34(4)27-36-19-11-13-23-42(36)46(48)45-41-22-12-10-18-35(41)26-33(3)47(45)53-55(39-20-6-5-7-21-39)40-29-37(49)28-38(50)30-40/h5-30H,1-4H3. The maximum atomic E-state index is 14.9. The fraction of sp³-hybridized carbons (Fsp3) is 0.0833. The number of halogens is 2. The van der Waals surface area contributed by atoms with Crippen LogP contribution in [0, 0.1) is 39.3 Å². The maximum absolute atomic E-state index is 14.9. The molecule has 0 saturated carbocycles. The summed E-state index contributed by atoms with van der Waals surface area (Å²) in [4.78, 5) is 0. The van der Waals surface area contributed by atoms with Crippen LogP contribution < -0.4 is 28.7 Å². The fourth-order valence-corrected chi connectivity index (χ4v) is 9.92. The molecule has 8 aromatic carbocycles. The van der Waals surface area contributed by atoms with Gasteiger partial charge in [0.15, 0.2) is 8.15 Å². The molecule has 1 atom stereocenters. The van der Waals surface area contributed by atoms with Gasteiger partial charge < -0.3 is 18.1 Å². The Balaban J connectivity index is 1.38. The molecule has 0 aliphatic carbocycles. The minimum atomic E-state index is -2.08. The summed E-state index contributed by atoms with van der Waals surface area (Å²) in [6.07, 6.45) is 0. The van der Waals surface area contributed by atoms with Crippen molar-refractivity contribution in [2.45, 2.75) is 27.7 Å². The van der Waals surface area contributed by atoms with E-state index >= 15 is 0 Å². The monoisotopic (exact) mass is 778 g/mol. The topological polar surface area (TPSA) is 36.9 Å². The molecule has 4 nitrogen and oxygen atoms in total. The van der Waals surface area contributed by atoms with Crippen LogP contribution >= 0.6 is 16.8 Å². The summed E-state index contributed by atoms with van der Waals surface area (Å²) < 4.78 is 57.4. The predicted molar refractivity (Wildman–Crippen MR) is 227 cm³/mol. The lowest BCUT2D eigenvalue weighted by Crippen LogP contribution is -2.17. The molecular formula is C48H38F2O4P2. The highest BCUT2D eigenvalue weighted by atomic mass is 31.2. The second kappa shape index (κ2) is 16.1. The second-order valence-corrected chi connectivity index (χ2v) is 16.4. The first-order valence-corrected chi connectivity index (χ1v) is 20.6. The third-order valence-electron chi connectivity index (χ3n) is 9.58. The Bertz CT molecular complexity index is 2640. The quantitative estimate of drug-likeness (QED) is 0.123. The lowest BCUT2D eigenvalue weighted by Gasteiger charge is -2.27. The number of fused-ring (bicyclic) bond motifs is 2. The van der Waals surface area contributed by atoms with Crippen molar-refractivity contribution >= 4 is 48.9 Å². The van der Waals surface area contributed by atoms with Gasteiger partial charge in [-0.05, 0) is 108 Å². The van der Waals surface area contributed by atoms with E-state index in [2.05, 4.69) is 36.4 Å². The number of benzene rings is 8. The van der Waals surface area contributed by atoms with E-state index in [0.29, 0.717) is 28.3 Å². The van der Waals surface area contributed by atoms with Crippen LogP contribution in [0.1, 0.15) is 22.3 Å². The van der Waals surface area contributed by atoms with E-state index in [4.69, 9.17) is 18.1 Å². The molecule has 0 fully saturated rings. The number of rotatable bonds is 11. The first-order valence-electron chi connectivity index (χ1n) is 18.2. The van der Waals surface area contributed by atoms with Gasteiger partial charge in [-0.2, -0.15) is 0 Å². The van der Waals surface area contributed by atoms with Crippen LogP contribution in [0.3, 0.4) is 0 Å². The zero-order chi connectivity index (χ0) is 38.8. The van der Waals surface area contributed by atoms with Gasteiger partial charge in [0.1, 0.15) is 34.6 Å². The third-order valence-corrected chi connectivity index (χ3v) is 12.5. The van der Waals surface area contributed by atoms with Crippen molar-refractivity contribution < 1.29 is 26.9 Å². The molecule has 0 saturated heterocycles. The van der Waals surface area contributed by atoms with Gasteiger partial charge in [-0.1, -0.05) is 115 Å². The van der Waals surface area contributed by atoms with Crippen molar-refractivity contribution in [3.05, 3.63) is 192 Å². The Morgan fingerprint density at radius 2 is 0.839 bits per heavy atom. The van der Waals surface area contributed by atoms with Crippen LogP contribution in [0.25, 0.3) is 32.7 Å². The maximum Gasteiger partial charge on any atom is 0.530 e. The van der Waals surface area contributed by atoms with Crippen LogP contribution in [0.2, 0.25) is 0 Å². The highest BCUT2D eigenvalue weighted by molar-refractivity contribution is 7.68. The molecule has 0 heterocycles. The van der Waals surface area contributed by atoms with Gasteiger partial charge in [0.05, 0.1) is 0 Å². The van der Waals surface area contributed by atoms with Crippen molar-refractivity contribution in [2.75, 3.05) is 0 Å². The third kappa shape index (κ3) is 7.69. The number of aryl methyl sites for hydroxylation is 4. The molecule has 0 aliphatic rings. The Labute approximate surface area is 328 Å². The molecule has 8 rings (SSSR count). The van der Waals surface area contributed by atoms with Gasteiger partial charge in [-0.25, -0.2) is 8.78 Å². The number of para-hydroxylation sites is 2. The summed E-state index contributed by atoms with van der Waals surface area (Å²) in [7, 11) is -3.83. The Hall–Kier alpha value is -5.80. The Morgan fingerprint density at radius 3 is 1.36 bits per heavy atom. The normalized spacial score (nSPS) is 11.8. The van der Waals surface area contributed by atoms with E-state index in [1.165, 1.54) is 12.1 Å². The summed E-state index contributed by atoms with van der Waals surface area (Å²) in [5, 5.41) is 5.07. The highest BCUT2D eigenvalue weighted by Crippen LogP contribution is 2.54. The molecule has 0 N–H and O–H groups in total. The minimum absolute atomic E-state index is 0.412. The minimum Gasteiger partial charge on any atom is -0.464 e. The smallest absolute Gasteiger partial charge is 0.464 e. The predicted octanol–water partition coefficient (Wildman–Crippen LogP) is 13.4. The summed E-state index contributed by atoms with van der Waals surface area (Å²) in [5.74, 6) is 1.10. The molecule has 8 heteroatoms. The summed E-state index contributed by atoms with van der Waals surface area (Å²) >= 11 is 0. The van der Waals surface area contributed by atoms with Crippen molar-refractivity contribution in [3.63, 3.8) is 0 Å². The van der Waals surface area contributed by atoms with E-state index in [9.17, 15) is 8.78 Å². The lowest BCUT2D eigenvalue weighted by molar-refractivity contribution is 0.385. The number of hydrogen-bond acceptors (Lipinski definition) is 4. The van der Waals surface area contributed by atoms with Crippen molar-refractivity contribution in [1.82, 2.24) is 0 Å². The lowest BCUT2D eigenvalue weighted by atomic mass is 9.89. The first kappa shape index (κ1) is 37.1. The average Bonchev–Trinajstić information content (AvgIpc) is 3.19. The molecule has 56 heavy (non-hydrogen) atoms. The molecule has 1 unspecified atom stereocenters. The van der Waals surface area contributed by atoms with E-state index in [1.54, 1.807) is 0 Å². The van der Waals surface area contributed by atoms with Gasteiger partial charge in [-0.3, -0.25) is 0 Å². The largest absolute Gasteiger partial charge is 0.530 e. The molecular weight excluding hydrogens is 740 g/mol. The Kier molecular flexibility index (Phi) is 10.7. The Morgan fingerprint density at radius 1 is 0.393 bits per heavy atom. The zero-order valence-corrected chi connectivity index (χ0v) is 33.1. The number of hydrogen-bond donors (Lipinski definition) is 0. The van der Waals surface area contributed by atoms with Crippen LogP contribution in [-0.4, -0.2) is 0 Å². The average molecular weight is 779 g/mol. The van der Waals surface area contributed by atoms with Gasteiger partial charge in [0.2, 0.25) is 0 Å². The molecule has 0 aromatic heterocycles. The molecule has 0 bridgehead atoms. The summed E-state index contributed by atoms with van der Waals surface area (Å²) in [6.45, 7) is 8.00. The van der Waals surface area contributed by atoms with E-state index in [-0.39, 0.29) is 0 Å². The van der Waals surface area contributed by atoms with Crippen LogP contribution in [0.5, 0.6) is 23.0 Å². The van der Waals surface area contributed by atoms with Crippen LogP contribution in [-0.2, 0) is 0 Å². The van der Waals surface area contributed by atoms with E-state index < -0.39 is 28.4 Å². The molecule has 0 aliphatic heterocycles. The SMILES string of the molecule is Cc1ccccc1OP(Oc1ccccc1C)Oc1c(C)cc2ccccc2c1-c1c(OP(c2ccccc2)c2cc(F)cc(F)c2)c(C)cc2ccccc12. The van der Waals surface area contributed by atoms with E-state index in [0.717, 1.165) is 66.3 Å². The molecule has 0 spiro atoms.